The van der Waals surface area contributed by atoms with Crippen LogP contribution >= 0.6 is 15.9 Å². The molecule has 0 aliphatic carbocycles. The SMILES string of the molecule is C[Si](C)(C)Oc1ccc(CC(=O)O)cc1Br. The third kappa shape index (κ3) is 4.36. The van der Waals surface area contributed by atoms with Crippen molar-refractivity contribution in [1.82, 2.24) is 0 Å². The smallest absolute Gasteiger partial charge is 0.307 e. The molecule has 0 heterocycles. The van der Waals surface area contributed by atoms with E-state index in [2.05, 4.69) is 35.6 Å². The Morgan fingerprint density at radius 3 is 2.50 bits per heavy atom. The molecule has 0 amide bonds. The second-order valence-corrected chi connectivity index (χ2v) is 9.83. The molecule has 0 saturated heterocycles. The van der Waals surface area contributed by atoms with Crippen LogP contribution in [0.3, 0.4) is 0 Å². The number of carbonyl (C=O) groups is 1. The van der Waals surface area contributed by atoms with Crippen molar-refractivity contribution >= 4 is 30.2 Å². The van der Waals surface area contributed by atoms with Crippen molar-refractivity contribution in [3.63, 3.8) is 0 Å². The van der Waals surface area contributed by atoms with Gasteiger partial charge in [-0.15, -0.1) is 0 Å². The maximum Gasteiger partial charge on any atom is 0.307 e. The molecule has 1 N–H and O–H groups in total. The standard InChI is InChI=1S/C11H15BrO3Si/c1-16(2,3)15-10-5-4-8(6-9(10)12)7-11(13)14/h4-6H,7H2,1-3H3,(H,13,14). The zero-order valence-electron chi connectivity index (χ0n) is 9.58. The van der Waals surface area contributed by atoms with Gasteiger partial charge in [-0.1, -0.05) is 6.07 Å². The van der Waals surface area contributed by atoms with Crippen LogP contribution < -0.4 is 4.43 Å². The van der Waals surface area contributed by atoms with Gasteiger partial charge in [-0.25, -0.2) is 0 Å². The van der Waals surface area contributed by atoms with E-state index in [0.717, 1.165) is 15.8 Å². The first-order valence-corrected chi connectivity index (χ1v) is 9.17. The van der Waals surface area contributed by atoms with Crippen LogP contribution in [0.25, 0.3) is 0 Å². The summed E-state index contributed by atoms with van der Waals surface area (Å²) in [5.41, 5.74) is 0.766. The molecule has 0 saturated carbocycles. The van der Waals surface area contributed by atoms with E-state index >= 15 is 0 Å². The Bertz CT molecular complexity index is 399. The third-order valence-corrected chi connectivity index (χ3v) is 3.22. The molecule has 1 rings (SSSR count). The second kappa shape index (κ2) is 5.01. The van der Waals surface area contributed by atoms with E-state index < -0.39 is 14.3 Å². The lowest BCUT2D eigenvalue weighted by Gasteiger charge is -2.20. The molecule has 0 aliphatic rings. The Balaban J connectivity index is 2.87. The van der Waals surface area contributed by atoms with Gasteiger partial charge in [0.2, 0.25) is 8.32 Å². The minimum Gasteiger partial charge on any atom is -0.544 e. The summed E-state index contributed by atoms with van der Waals surface area (Å²) in [5.74, 6) is -0.0425. The van der Waals surface area contributed by atoms with E-state index in [1.807, 2.05) is 6.07 Å². The van der Waals surface area contributed by atoms with Gasteiger partial charge in [0.15, 0.2) is 0 Å². The van der Waals surface area contributed by atoms with Gasteiger partial charge >= 0.3 is 5.97 Å². The van der Waals surface area contributed by atoms with Crippen molar-refractivity contribution in [2.24, 2.45) is 0 Å². The minimum absolute atomic E-state index is 0.0336. The van der Waals surface area contributed by atoms with Gasteiger partial charge in [0.25, 0.3) is 0 Å². The summed E-state index contributed by atoms with van der Waals surface area (Å²) >= 11 is 3.39. The molecule has 88 valence electrons. The molecule has 5 heteroatoms. The zero-order valence-corrected chi connectivity index (χ0v) is 12.2. The fourth-order valence-electron chi connectivity index (χ4n) is 1.24. The van der Waals surface area contributed by atoms with Gasteiger partial charge in [0.1, 0.15) is 5.75 Å². The number of halogens is 1. The van der Waals surface area contributed by atoms with Gasteiger partial charge in [-0.05, 0) is 53.3 Å². The van der Waals surface area contributed by atoms with E-state index in [-0.39, 0.29) is 6.42 Å². The van der Waals surface area contributed by atoms with Crippen LogP contribution in [-0.2, 0) is 11.2 Å². The van der Waals surface area contributed by atoms with E-state index in [1.165, 1.54) is 0 Å². The summed E-state index contributed by atoms with van der Waals surface area (Å²) in [4.78, 5) is 10.6. The van der Waals surface area contributed by atoms with Crippen LogP contribution in [0.5, 0.6) is 5.75 Å². The minimum atomic E-state index is -1.63. The summed E-state index contributed by atoms with van der Waals surface area (Å²) in [6.45, 7) is 6.31. The molecular formula is C11H15BrO3Si. The van der Waals surface area contributed by atoms with E-state index in [0.29, 0.717) is 0 Å². The lowest BCUT2D eigenvalue weighted by atomic mass is 10.1. The monoisotopic (exact) mass is 302 g/mol. The van der Waals surface area contributed by atoms with Gasteiger partial charge in [-0.2, -0.15) is 0 Å². The highest BCUT2D eigenvalue weighted by atomic mass is 79.9. The van der Waals surface area contributed by atoms with Crippen molar-refractivity contribution in [2.45, 2.75) is 26.1 Å². The van der Waals surface area contributed by atoms with Crippen LogP contribution in [-0.4, -0.2) is 19.4 Å². The molecule has 1 aromatic carbocycles. The number of benzene rings is 1. The topological polar surface area (TPSA) is 46.5 Å². The highest BCUT2D eigenvalue weighted by Crippen LogP contribution is 2.28. The molecule has 0 unspecified atom stereocenters. The molecule has 0 radical (unpaired) electrons. The highest BCUT2D eigenvalue weighted by Gasteiger charge is 2.17. The predicted octanol–water partition coefficient (Wildman–Crippen LogP) is 3.29. The average Bonchev–Trinajstić information content (AvgIpc) is 2.06. The summed E-state index contributed by atoms with van der Waals surface area (Å²) in [7, 11) is -1.63. The molecule has 0 aromatic heterocycles. The van der Waals surface area contributed by atoms with Crippen molar-refractivity contribution in [1.29, 1.82) is 0 Å². The quantitative estimate of drug-likeness (QED) is 0.868. The number of carboxylic acid groups (broad SMARTS) is 1. The summed E-state index contributed by atoms with van der Waals surface area (Å²) < 4.78 is 6.65. The van der Waals surface area contributed by atoms with Gasteiger partial charge in [-0.3, -0.25) is 4.79 Å². The first-order valence-electron chi connectivity index (χ1n) is 4.97. The normalized spacial score (nSPS) is 11.2. The Morgan fingerprint density at radius 2 is 2.06 bits per heavy atom. The Labute approximate surface area is 105 Å². The lowest BCUT2D eigenvalue weighted by Crippen LogP contribution is -2.29. The van der Waals surface area contributed by atoms with Gasteiger partial charge in [0, 0.05) is 0 Å². The first-order chi connectivity index (χ1) is 7.28. The molecule has 0 fully saturated rings. The fraction of sp³-hybridized carbons (Fsp3) is 0.364. The summed E-state index contributed by atoms with van der Waals surface area (Å²) in [6.07, 6.45) is 0.0336. The third-order valence-electron chi connectivity index (χ3n) is 1.77. The number of aliphatic carboxylic acids is 1. The van der Waals surface area contributed by atoms with E-state index in [4.69, 9.17) is 9.53 Å². The van der Waals surface area contributed by atoms with Crippen LogP contribution in [0.2, 0.25) is 19.6 Å². The maximum atomic E-state index is 10.6. The molecule has 0 atom stereocenters. The van der Waals surface area contributed by atoms with Gasteiger partial charge < -0.3 is 9.53 Å². The van der Waals surface area contributed by atoms with Crippen molar-refractivity contribution in [2.75, 3.05) is 0 Å². The molecule has 0 aliphatic heterocycles. The van der Waals surface area contributed by atoms with Crippen LogP contribution in [0.4, 0.5) is 0 Å². The number of carboxylic acids is 1. The maximum absolute atomic E-state index is 10.6. The molecule has 0 bridgehead atoms. The molecule has 1 aromatic rings. The number of hydrogen-bond acceptors (Lipinski definition) is 2. The van der Waals surface area contributed by atoms with Crippen LogP contribution in [0.15, 0.2) is 22.7 Å². The number of rotatable bonds is 4. The first kappa shape index (κ1) is 13.3. The largest absolute Gasteiger partial charge is 0.544 e. The summed E-state index contributed by atoms with van der Waals surface area (Å²) in [5, 5.41) is 8.67. The van der Waals surface area contributed by atoms with Crippen molar-refractivity contribution in [3.8, 4) is 5.75 Å². The Hall–Kier alpha value is -0.813. The highest BCUT2D eigenvalue weighted by molar-refractivity contribution is 9.10. The van der Waals surface area contributed by atoms with Crippen molar-refractivity contribution in [3.05, 3.63) is 28.2 Å². The molecule has 0 spiro atoms. The second-order valence-electron chi connectivity index (χ2n) is 4.55. The van der Waals surface area contributed by atoms with Crippen molar-refractivity contribution < 1.29 is 14.3 Å². The zero-order chi connectivity index (χ0) is 12.3. The molecule has 16 heavy (non-hydrogen) atoms. The lowest BCUT2D eigenvalue weighted by molar-refractivity contribution is -0.136. The molecular weight excluding hydrogens is 288 g/mol. The van der Waals surface area contributed by atoms with Crippen LogP contribution in [0, 0.1) is 0 Å². The Morgan fingerprint density at radius 1 is 1.44 bits per heavy atom. The van der Waals surface area contributed by atoms with Crippen LogP contribution in [0.1, 0.15) is 5.56 Å². The number of hydrogen-bond donors (Lipinski definition) is 1. The Kier molecular flexibility index (Phi) is 4.15. The average molecular weight is 303 g/mol. The van der Waals surface area contributed by atoms with E-state index in [1.54, 1.807) is 12.1 Å². The molecule has 3 nitrogen and oxygen atoms in total. The van der Waals surface area contributed by atoms with Gasteiger partial charge in [0.05, 0.1) is 10.9 Å². The van der Waals surface area contributed by atoms with E-state index in [9.17, 15) is 4.79 Å². The predicted molar refractivity (Wildman–Crippen MR) is 69.5 cm³/mol. The summed E-state index contributed by atoms with van der Waals surface area (Å²) in [6, 6.07) is 5.40. The fourth-order valence-corrected chi connectivity index (χ4v) is 2.74.